The summed E-state index contributed by atoms with van der Waals surface area (Å²) in [6, 6.07) is 11.0. The average Bonchev–Trinajstić information content (AvgIpc) is 2.83. The number of carboxylic acids is 1. The van der Waals surface area contributed by atoms with Crippen LogP contribution in [-0.2, 0) is 16.6 Å². The Morgan fingerprint density at radius 3 is 2.27 bits per heavy atom. The van der Waals surface area contributed by atoms with E-state index in [9.17, 15) is 31.5 Å². The number of ether oxygens (including phenoxy) is 1. The standard InChI is InChI=1S/C24H18F3N3O5S.Na/c1-15-21-13-28-11-10-18(21)12-29-22(15)30(14-16-2-6-19(7-3-16)35-24(25,26)27)36(33,34)20-8-4-17(5-9-20)23(31)32;/h2-13H,14H2,1H3,(H,31,32);/q;+1/p-1. The molecule has 0 N–H and O–H groups in total. The summed E-state index contributed by atoms with van der Waals surface area (Å²) in [7, 11) is -4.30. The number of benzene rings is 2. The van der Waals surface area contributed by atoms with Crippen molar-refractivity contribution in [3.63, 3.8) is 0 Å². The summed E-state index contributed by atoms with van der Waals surface area (Å²) in [5.41, 5.74) is 0.659. The summed E-state index contributed by atoms with van der Waals surface area (Å²) < 4.78 is 69.8. The van der Waals surface area contributed by atoms with Gasteiger partial charge in [0.05, 0.1) is 17.4 Å². The van der Waals surface area contributed by atoms with Crippen molar-refractivity contribution < 1.29 is 65.8 Å². The van der Waals surface area contributed by atoms with Crippen molar-refractivity contribution in [1.29, 1.82) is 0 Å². The minimum Gasteiger partial charge on any atom is -0.545 e. The fraction of sp³-hybridized carbons (Fsp3) is 0.125. The second-order valence-corrected chi connectivity index (χ2v) is 9.55. The second kappa shape index (κ2) is 11.1. The van der Waals surface area contributed by atoms with Gasteiger partial charge in [-0.2, -0.15) is 0 Å². The van der Waals surface area contributed by atoms with Crippen LogP contribution in [0.3, 0.4) is 0 Å². The van der Waals surface area contributed by atoms with Crippen LogP contribution in [0.25, 0.3) is 10.8 Å². The molecule has 2 aromatic heterocycles. The van der Waals surface area contributed by atoms with Gasteiger partial charge in [0.2, 0.25) is 0 Å². The van der Waals surface area contributed by atoms with E-state index in [2.05, 4.69) is 14.7 Å². The number of rotatable bonds is 7. The topological polar surface area (TPSA) is 113 Å². The molecule has 0 amide bonds. The van der Waals surface area contributed by atoms with E-state index in [0.717, 1.165) is 46.1 Å². The van der Waals surface area contributed by atoms with E-state index in [-0.39, 0.29) is 52.4 Å². The molecule has 2 aromatic carbocycles. The number of alkyl halides is 3. The number of sulfonamides is 1. The van der Waals surface area contributed by atoms with Gasteiger partial charge in [-0.05, 0) is 48.4 Å². The van der Waals surface area contributed by atoms with E-state index in [1.807, 2.05) is 0 Å². The number of pyridine rings is 2. The Kier molecular flexibility index (Phi) is 8.48. The second-order valence-electron chi connectivity index (χ2n) is 7.69. The van der Waals surface area contributed by atoms with E-state index >= 15 is 0 Å². The fourth-order valence-electron chi connectivity index (χ4n) is 3.56. The number of carboxylic acid groups (broad SMARTS) is 1. The number of aromatic nitrogens is 2. The van der Waals surface area contributed by atoms with Crippen LogP contribution in [0.1, 0.15) is 21.5 Å². The predicted octanol–water partition coefficient (Wildman–Crippen LogP) is 0.600. The SMILES string of the molecule is Cc1c(N(Cc2ccc(OC(F)(F)F)cc2)S(=O)(=O)c2ccc(C(=O)[O-])cc2)ncc2ccncc12.[Na+]. The Bertz CT molecular complexity index is 1530. The number of halogens is 3. The maximum atomic E-state index is 13.7. The van der Waals surface area contributed by atoms with E-state index in [4.69, 9.17) is 0 Å². The minimum atomic E-state index is -4.87. The molecule has 0 aliphatic carbocycles. The molecule has 0 aliphatic rings. The van der Waals surface area contributed by atoms with E-state index in [1.165, 1.54) is 18.3 Å². The summed E-state index contributed by atoms with van der Waals surface area (Å²) in [6.07, 6.45) is -0.240. The number of fused-ring (bicyclic) bond motifs is 1. The third kappa shape index (κ3) is 6.39. The average molecular weight is 539 g/mol. The summed E-state index contributed by atoms with van der Waals surface area (Å²) in [6.45, 7) is 1.39. The molecule has 0 saturated carbocycles. The Hall–Kier alpha value is -3.19. The summed E-state index contributed by atoms with van der Waals surface area (Å²) in [4.78, 5) is 19.3. The molecule has 0 bridgehead atoms. The summed E-state index contributed by atoms with van der Waals surface area (Å²) in [5.74, 6) is -1.84. The van der Waals surface area contributed by atoms with E-state index in [1.54, 1.807) is 25.4 Å². The number of hydrogen-bond donors (Lipinski definition) is 0. The third-order valence-electron chi connectivity index (χ3n) is 5.32. The van der Waals surface area contributed by atoms with Gasteiger partial charge < -0.3 is 14.6 Å². The van der Waals surface area contributed by atoms with Gasteiger partial charge in [0.1, 0.15) is 11.6 Å². The first-order chi connectivity index (χ1) is 17.0. The third-order valence-corrected chi connectivity index (χ3v) is 7.07. The Labute approximate surface area is 232 Å². The largest absolute Gasteiger partial charge is 1.00 e. The first kappa shape index (κ1) is 28.4. The van der Waals surface area contributed by atoms with Gasteiger partial charge in [0.25, 0.3) is 10.0 Å². The smallest absolute Gasteiger partial charge is 0.545 e. The molecule has 186 valence electrons. The van der Waals surface area contributed by atoms with Crippen LogP contribution in [0.4, 0.5) is 19.0 Å². The van der Waals surface area contributed by atoms with Crippen LogP contribution >= 0.6 is 0 Å². The van der Waals surface area contributed by atoms with Crippen molar-refractivity contribution in [1.82, 2.24) is 9.97 Å². The molecule has 0 atom stereocenters. The van der Waals surface area contributed by atoms with E-state index < -0.39 is 28.1 Å². The molecule has 0 aliphatic heterocycles. The molecular formula is C24H17F3N3NaO5S. The maximum Gasteiger partial charge on any atom is 1.00 e. The van der Waals surface area contributed by atoms with Crippen molar-refractivity contribution in [2.75, 3.05) is 4.31 Å². The number of carbonyl (C=O) groups is 1. The molecule has 0 fully saturated rings. The zero-order chi connectivity index (χ0) is 26.1. The number of hydrogen-bond acceptors (Lipinski definition) is 7. The normalized spacial score (nSPS) is 11.6. The summed E-state index contributed by atoms with van der Waals surface area (Å²) >= 11 is 0. The van der Waals surface area contributed by atoms with Crippen LogP contribution in [-0.4, -0.2) is 30.7 Å². The van der Waals surface area contributed by atoms with Crippen molar-refractivity contribution in [3.8, 4) is 5.75 Å². The van der Waals surface area contributed by atoms with Gasteiger partial charge >= 0.3 is 35.9 Å². The van der Waals surface area contributed by atoms with E-state index in [0.29, 0.717) is 16.5 Å². The number of anilines is 1. The van der Waals surface area contributed by atoms with Gasteiger partial charge in [-0.15, -0.1) is 13.2 Å². The molecule has 37 heavy (non-hydrogen) atoms. The molecule has 8 nitrogen and oxygen atoms in total. The minimum absolute atomic E-state index is 0. The monoisotopic (exact) mass is 539 g/mol. The Morgan fingerprint density at radius 2 is 1.68 bits per heavy atom. The molecule has 0 radical (unpaired) electrons. The van der Waals surface area contributed by atoms with Gasteiger partial charge in [0, 0.05) is 34.9 Å². The van der Waals surface area contributed by atoms with Crippen molar-refractivity contribution in [2.45, 2.75) is 24.7 Å². The Balaban J connectivity index is 0.00000380. The quantitative estimate of drug-likeness (QED) is 0.316. The molecule has 4 aromatic rings. The van der Waals surface area contributed by atoms with Crippen molar-refractivity contribution >= 4 is 32.6 Å². The van der Waals surface area contributed by atoms with Crippen LogP contribution in [0.5, 0.6) is 5.75 Å². The Morgan fingerprint density at radius 1 is 1.03 bits per heavy atom. The molecular weight excluding hydrogens is 522 g/mol. The van der Waals surface area contributed by atoms with Gasteiger partial charge in [0.15, 0.2) is 0 Å². The molecule has 13 heteroatoms. The molecule has 2 heterocycles. The molecule has 0 unspecified atom stereocenters. The number of aryl methyl sites for hydroxylation is 1. The number of carbonyl (C=O) groups excluding carboxylic acids is 1. The number of aromatic carboxylic acids is 1. The van der Waals surface area contributed by atoms with Crippen molar-refractivity contribution in [3.05, 3.63) is 89.9 Å². The molecule has 0 saturated heterocycles. The molecule has 4 rings (SSSR count). The summed E-state index contributed by atoms with van der Waals surface area (Å²) in [5, 5.41) is 12.5. The number of nitrogens with zero attached hydrogens (tertiary/aromatic N) is 3. The van der Waals surface area contributed by atoms with Crippen LogP contribution < -0.4 is 43.7 Å². The van der Waals surface area contributed by atoms with Crippen LogP contribution in [0, 0.1) is 6.92 Å². The first-order valence-electron chi connectivity index (χ1n) is 10.3. The zero-order valence-electron chi connectivity index (χ0n) is 19.6. The van der Waals surface area contributed by atoms with Gasteiger partial charge in [-0.3, -0.25) is 4.98 Å². The van der Waals surface area contributed by atoms with Gasteiger partial charge in [-0.25, -0.2) is 17.7 Å². The maximum absolute atomic E-state index is 13.7. The predicted molar refractivity (Wildman–Crippen MR) is 122 cm³/mol. The molecule has 0 spiro atoms. The van der Waals surface area contributed by atoms with Crippen molar-refractivity contribution in [2.24, 2.45) is 0 Å². The first-order valence-corrected chi connectivity index (χ1v) is 11.8. The zero-order valence-corrected chi connectivity index (χ0v) is 22.4. The van der Waals surface area contributed by atoms with Gasteiger partial charge in [-0.1, -0.05) is 24.3 Å². The fourth-order valence-corrected chi connectivity index (χ4v) is 5.02. The van der Waals surface area contributed by atoms with Crippen LogP contribution in [0.15, 0.2) is 78.1 Å². The van der Waals surface area contributed by atoms with Crippen LogP contribution in [0.2, 0.25) is 0 Å².